The number of sulfonamides is 1. The minimum absolute atomic E-state index is 0.170. The van der Waals surface area contributed by atoms with Crippen LogP contribution < -0.4 is 0 Å². The van der Waals surface area contributed by atoms with E-state index in [1.54, 1.807) is 11.4 Å². The summed E-state index contributed by atoms with van der Waals surface area (Å²) in [6.07, 6.45) is 0. The molecule has 0 spiro atoms. The highest BCUT2D eigenvalue weighted by Crippen LogP contribution is 2.19. The summed E-state index contributed by atoms with van der Waals surface area (Å²) >= 11 is 1.08. The van der Waals surface area contributed by atoms with Crippen molar-refractivity contribution in [3.8, 4) is 0 Å². The molecule has 0 N–H and O–H groups in total. The maximum Gasteiger partial charge on any atom is 0.325 e. The fourth-order valence-corrected chi connectivity index (χ4v) is 3.63. The monoisotopic (exact) mass is 320 g/mol. The van der Waals surface area contributed by atoms with E-state index in [2.05, 4.69) is 4.74 Å². The Hall–Kier alpha value is -1.45. The Morgan fingerprint density at radius 3 is 2.45 bits per heavy atom. The molecule has 0 unspecified atom stereocenters. The summed E-state index contributed by atoms with van der Waals surface area (Å²) in [7, 11) is 0.272. The van der Waals surface area contributed by atoms with Crippen LogP contribution in [0.4, 0.5) is 0 Å². The highest BCUT2D eigenvalue weighted by Gasteiger charge is 2.25. The molecule has 0 saturated heterocycles. The highest BCUT2D eigenvalue weighted by atomic mass is 32.2. The standard InChI is InChI=1S/C11H16N2O5S2/c1-12(8-10(15)18-3)9(14)7-13(2)20(16,17)11-5-4-6-19-11/h4-6H,7-8H2,1-3H3. The number of likely N-dealkylation sites (N-methyl/N-ethyl adjacent to an activating group) is 2. The van der Waals surface area contributed by atoms with Crippen molar-refractivity contribution in [3.63, 3.8) is 0 Å². The molecule has 0 aromatic carbocycles. The third-order valence-corrected chi connectivity index (χ3v) is 5.71. The summed E-state index contributed by atoms with van der Waals surface area (Å²) in [6, 6.07) is 3.09. The zero-order valence-electron chi connectivity index (χ0n) is 11.4. The van der Waals surface area contributed by atoms with E-state index in [9.17, 15) is 18.0 Å². The lowest BCUT2D eigenvalue weighted by molar-refractivity contribution is -0.146. The van der Waals surface area contributed by atoms with Gasteiger partial charge in [-0.15, -0.1) is 11.3 Å². The molecule has 0 aliphatic carbocycles. The molecule has 1 aromatic heterocycles. The number of hydrogen-bond donors (Lipinski definition) is 0. The molecule has 1 aromatic rings. The summed E-state index contributed by atoms with van der Waals surface area (Å²) in [5, 5.41) is 1.64. The zero-order chi connectivity index (χ0) is 15.3. The quantitative estimate of drug-likeness (QED) is 0.689. The lowest BCUT2D eigenvalue weighted by atomic mass is 10.5. The molecular weight excluding hydrogens is 304 g/mol. The van der Waals surface area contributed by atoms with Crippen molar-refractivity contribution >= 4 is 33.2 Å². The van der Waals surface area contributed by atoms with Crippen LogP contribution in [0.5, 0.6) is 0 Å². The van der Waals surface area contributed by atoms with E-state index in [-0.39, 0.29) is 17.3 Å². The Morgan fingerprint density at radius 1 is 1.30 bits per heavy atom. The van der Waals surface area contributed by atoms with Crippen LogP contribution in [0.2, 0.25) is 0 Å². The second kappa shape index (κ2) is 6.82. The first-order valence-corrected chi connectivity index (χ1v) is 7.91. The van der Waals surface area contributed by atoms with Gasteiger partial charge in [-0.25, -0.2) is 8.42 Å². The molecule has 0 aliphatic rings. The van der Waals surface area contributed by atoms with Gasteiger partial charge in [0.25, 0.3) is 10.0 Å². The van der Waals surface area contributed by atoms with Crippen LogP contribution in [-0.2, 0) is 24.3 Å². The minimum atomic E-state index is -3.67. The van der Waals surface area contributed by atoms with Gasteiger partial charge in [0.1, 0.15) is 10.8 Å². The molecule has 9 heteroatoms. The van der Waals surface area contributed by atoms with Crippen LogP contribution in [-0.4, -0.2) is 63.8 Å². The zero-order valence-corrected chi connectivity index (χ0v) is 13.0. The molecule has 1 amide bonds. The number of ether oxygens (including phenoxy) is 1. The van der Waals surface area contributed by atoms with Crippen LogP contribution in [0.3, 0.4) is 0 Å². The Morgan fingerprint density at radius 2 is 1.95 bits per heavy atom. The average Bonchev–Trinajstić information content (AvgIpc) is 2.92. The van der Waals surface area contributed by atoms with Gasteiger partial charge in [0, 0.05) is 14.1 Å². The molecule has 0 fully saturated rings. The molecule has 0 saturated carbocycles. The van der Waals surface area contributed by atoms with Crippen molar-refractivity contribution in [1.29, 1.82) is 0 Å². The van der Waals surface area contributed by atoms with Crippen LogP contribution >= 0.6 is 11.3 Å². The molecule has 0 radical (unpaired) electrons. The van der Waals surface area contributed by atoms with Gasteiger partial charge in [-0.1, -0.05) is 6.07 Å². The predicted molar refractivity (Wildman–Crippen MR) is 73.8 cm³/mol. The topological polar surface area (TPSA) is 84.0 Å². The van der Waals surface area contributed by atoms with Gasteiger partial charge < -0.3 is 9.64 Å². The summed E-state index contributed by atoms with van der Waals surface area (Å²) in [5.74, 6) is -1.05. The van der Waals surface area contributed by atoms with Crippen molar-refractivity contribution in [2.45, 2.75) is 4.21 Å². The van der Waals surface area contributed by atoms with Crippen molar-refractivity contribution in [1.82, 2.24) is 9.21 Å². The molecule has 112 valence electrons. The molecule has 1 heterocycles. The molecule has 20 heavy (non-hydrogen) atoms. The van der Waals surface area contributed by atoms with Crippen molar-refractivity contribution < 1.29 is 22.7 Å². The second-order valence-electron chi connectivity index (χ2n) is 4.02. The van der Waals surface area contributed by atoms with E-state index in [4.69, 9.17) is 0 Å². The number of carbonyl (C=O) groups excluding carboxylic acids is 2. The van der Waals surface area contributed by atoms with E-state index >= 15 is 0 Å². The first kappa shape index (κ1) is 16.6. The first-order chi connectivity index (χ1) is 9.28. The van der Waals surface area contributed by atoms with Gasteiger partial charge in [-0.2, -0.15) is 4.31 Å². The predicted octanol–water partition coefficient (Wildman–Crippen LogP) is 0.000000000000000444. The smallest absolute Gasteiger partial charge is 0.325 e. The summed E-state index contributed by atoms with van der Waals surface area (Å²) in [6.45, 7) is -0.560. The van der Waals surface area contributed by atoms with E-state index in [0.29, 0.717) is 0 Å². The number of amides is 1. The van der Waals surface area contributed by atoms with Crippen LogP contribution in [0.15, 0.2) is 21.7 Å². The molecule has 0 bridgehead atoms. The number of carbonyl (C=O) groups is 2. The SMILES string of the molecule is COC(=O)CN(C)C(=O)CN(C)S(=O)(=O)c1cccs1. The minimum Gasteiger partial charge on any atom is -0.468 e. The first-order valence-electron chi connectivity index (χ1n) is 5.59. The number of rotatable bonds is 6. The van der Waals surface area contributed by atoms with Crippen molar-refractivity contribution in [3.05, 3.63) is 17.5 Å². The second-order valence-corrected chi connectivity index (χ2v) is 7.24. The average molecular weight is 320 g/mol. The van der Waals surface area contributed by atoms with Gasteiger partial charge >= 0.3 is 5.97 Å². The van der Waals surface area contributed by atoms with Gasteiger partial charge in [-0.05, 0) is 11.4 Å². The van der Waals surface area contributed by atoms with Crippen LogP contribution in [0.1, 0.15) is 0 Å². The lowest BCUT2D eigenvalue weighted by Gasteiger charge is -2.20. The molecule has 7 nitrogen and oxygen atoms in total. The molecule has 0 aliphatic heterocycles. The Kier molecular flexibility index (Phi) is 5.66. The number of hydrogen-bond acceptors (Lipinski definition) is 6. The molecule has 0 atom stereocenters. The van der Waals surface area contributed by atoms with Crippen LogP contribution in [0.25, 0.3) is 0 Å². The van der Waals surface area contributed by atoms with Gasteiger partial charge in [0.2, 0.25) is 5.91 Å². The normalized spacial score (nSPS) is 11.4. The summed E-state index contributed by atoms with van der Waals surface area (Å²) in [5.41, 5.74) is 0. The number of esters is 1. The van der Waals surface area contributed by atoms with Gasteiger partial charge in [0.05, 0.1) is 13.7 Å². The number of methoxy groups -OCH3 is 1. The van der Waals surface area contributed by atoms with E-state index in [1.807, 2.05) is 0 Å². The highest BCUT2D eigenvalue weighted by molar-refractivity contribution is 7.91. The van der Waals surface area contributed by atoms with Crippen molar-refractivity contribution in [2.24, 2.45) is 0 Å². The van der Waals surface area contributed by atoms with Crippen LogP contribution in [0, 0.1) is 0 Å². The number of thiophene rings is 1. The van der Waals surface area contributed by atoms with E-state index in [1.165, 1.54) is 27.3 Å². The largest absolute Gasteiger partial charge is 0.468 e. The van der Waals surface area contributed by atoms with Crippen molar-refractivity contribution in [2.75, 3.05) is 34.3 Å². The molecular formula is C11H16N2O5S2. The maximum atomic E-state index is 12.1. The summed E-state index contributed by atoms with van der Waals surface area (Å²) in [4.78, 5) is 24.0. The lowest BCUT2D eigenvalue weighted by Crippen LogP contribution is -2.41. The molecule has 1 rings (SSSR count). The fourth-order valence-electron chi connectivity index (χ4n) is 1.31. The van der Waals surface area contributed by atoms with Gasteiger partial charge in [0.15, 0.2) is 0 Å². The third-order valence-electron chi connectivity index (χ3n) is 2.54. The Bertz CT molecular complexity index is 568. The fraction of sp³-hybridized carbons (Fsp3) is 0.455. The third kappa shape index (κ3) is 4.02. The Labute approximate surface area is 121 Å². The Balaban J connectivity index is 2.69. The van der Waals surface area contributed by atoms with E-state index < -0.39 is 21.9 Å². The summed E-state index contributed by atoms with van der Waals surface area (Å²) < 4.78 is 29.8. The maximum absolute atomic E-state index is 12.1. The number of nitrogens with zero attached hydrogens (tertiary/aromatic N) is 2. The van der Waals surface area contributed by atoms with Gasteiger partial charge in [-0.3, -0.25) is 9.59 Å². The van der Waals surface area contributed by atoms with E-state index in [0.717, 1.165) is 20.5 Å².